The van der Waals surface area contributed by atoms with Crippen molar-refractivity contribution in [1.29, 1.82) is 0 Å². The molecule has 0 heterocycles. The Bertz CT molecular complexity index is 840. The Hall–Kier alpha value is -2.03. The fourth-order valence-corrected chi connectivity index (χ4v) is 4.52. The number of allylic oxidation sites excluding steroid dienone is 8. The lowest BCUT2D eigenvalue weighted by atomic mass is 10.1. The molecule has 0 saturated heterocycles. The van der Waals surface area contributed by atoms with Gasteiger partial charge in [0.25, 0.3) is 0 Å². The molecular formula is C32H56NO8P. The minimum atomic E-state index is -4.37. The molecule has 0 radical (unpaired) electrons. The molecule has 0 rings (SSSR count). The summed E-state index contributed by atoms with van der Waals surface area (Å²) in [4.78, 5) is 34.4. The number of ether oxygens (including phenoxy) is 2. The highest BCUT2D eigenvalue weighted by atomic mass is 31.2. The molecule has 3 N–H and O–H groups in total. The van der Waals surface area contributed by atoms with E-state index in [9.17, 15) is 19.0 Å². The lowest BCUT2D eigenvalue weighted by molar-refractivity contribution is -0.161. The number of carbonyl (C=O) groups is 2. The predicted octanol–water partition coefficient (Wildman–Crippen LogP) is 7.65. The Kier molecular flexibility index (Phi) is 27.7. The molecule has 242 valence electrons. The normalized spacial score (nSPS) is 14.3. The van der Waals surface area contributed by atoms with E-state index >= 15 is 0 Å². The molecule has 10 heteroatoms. The van der Waals surface area contributed by atoms with Crippen LogP contribution in [0.3, 0.4) is 0 Å². The van der Waals surface area contributed by atoms with Gasteiger partial charge in [0, 0.05) is 19.4 Å². The largest absolute Gasteiger partial charge is 0.472 e. The number of esters is 2. The molecule has 0 spiro atoms. The quantitative estimate of drug-likeness (QED) is 0.0395. The summed E-state index contributed by atoms with van der Waals surface area (Å²) in [5.74, 6) is -0.887. The summed E-state index contributed by atoms with van der Waals surface area (Å²) >= 11 is 0. The third-order valence-corrected chi connectivity index (χ3v) is 7.06. The van der Waals surface area contributed by atoms with Crippen LogP contribution in [0.1, 0.15) is 110 Å². The van der Waals surface area contributed by atoms with E-state index in [1.807, 2.05) is 36.5 Å². The number of hydrogen-bond acceptors (Lipinski definition) is 8. The second-order valence-electron chi connectivity index (χ2n) is 10.0. The molecule has 0 aliphatic heterocycles. The number of phosphoric acid groups is 1. The van der Waals surface area contributed by atoms with Gasteiger partial charge in [-0.15, -0.1) is 0 Å². The first kappa shape index (κ1) is 40.0. The van der Waals surface area contributed by atoms with Crippen molar-refractivity contribution in [2.24, 2.45) is 5.73 Å². The van der Waals surface area contributed by atoms with Gasteiger partial charge in [-0.25, -0.2) is 4.57 Å². The van der Waals surface area contributed by atoms with Crippen LogP contribution in [0.25, 0.3) is 0 Å². The second-order valence-corrected chi connectivity index (χ2v) is 11.5. The van der Waals surface area contributed by atoms with Gasteiger partial charge in [0.15, 0.2) is 6.10 Å². The average molecular weight is 614 g/mol. The van der Waals surface area contributed by atoms with E-state index in [1.54, 1.807) is 0 Å². The lowest BCUT2D eigenvalue weighted by Gasteiger charge is -2.19. The molecule has 0 aliphatic rings. The summed E-state index contributed by atoms with van der Waals surface area (Å²) < 4.78 is 32.3. The molecule has 0 aromatic carbocycles. The molecule has 9 nitrogen and oxygen atoms in total. The van der Waals surface area contributed by atoms with E-state index in [0.717, 1.165) is 44.9 Å². The summed E-state index contributed by atoms with van der Waals surface area (Å²) in [5.41, 5.74) is 5.30. The number of carbonyl (C=O) groups excluding carboxylic acids is 2. The fraction of sp³-hybridized carbons (Fsp3) is 0.688. The molecule has 0 bridgehead atoms. The van der Waals surface area contributed by atoms with Crippen molar-refractivity contribution in [1.82, 2.24) is 0 Å². The molecule has 0 aliphatic carbocycles. The van der Waals surface area contributed by atoms with Gasteiger partial charge in [-0.3, -0.25) is 18.6 Å². The maximum Gasteiger partial charge on any atom is 0.472 e. The summed E-state index contributed by atoms with van der Waals surface area (Å²) in [6.45, 7) is 3.46. The van der Waals surface area contributed by atoms with Crippen molar-refractivity contribution in [2.45, 2.75) is 116 Å². The van der Waals surface area contributed by atoms with Gasteiger partial charge in [0.2, 0.25) is 0 Å². The average Bonchev–Trinajstić information content (AvgIpc) is 2.97. The van der Waals surface area contributed by atoms with Gasteiger partial charge in [-0.05, 0) is 32.1 Å². The summed E-state index contributed by atoms with van der Waals surface area (Å²) in [5, 5.41) is 0. The molecule has 0 amide bonds. The Morgan fingerprint density at radius 2 is 1.31 bits per heavy atom. The highest BCUT2D eigenvalue weighted by molar-refractivity contribution is 7.47. The van der Waals surface area contributed by atoms with E-state index < -0.39 is 32.5 Å². The van der Waals surface area contributed by atoms with Crippen molar-refractivity contribution in [3.8, 4) is 0 Å². The Labute approximate surface area is 254 Å². The third kappa shape index (κ3) is 28.1. The van der Waals surface area contributed by atoms with Crippen molar-refractivity contribution in [3.05, 3.63) is 48.6 Å². The molecular weight excluding hydrogens is 557 g/mol. The monoisotopic (exact) mass is 613 g/mol. The highest BCUT2D eigenvalue weighted by Crippen LogP contribution is 2.43. The number of unbranched alkanes of at least 4 members (excludes halogenated alkanes) is 10. The highest BCUT2D eigenvalue weighted by Gasteiger charge is 2.25. The van der Waals surface area contributed by atoms with Crippen LogP contribution in [-0.4, -0.2) is 49.3 Å². The summed E-state index contributed by atoms with van der Waals surface area (Å²) in [6.07, 6.45) is 28.8. The fourth-order valence-electron chi connectivity index (χ4n) is 3.76. The number of nitrogens with two attached hydrogens (primary N) is 1. The maximum atomic E-state index is 12.4. The SMILES string of the molecule is CC/C=C/C=C/C=C/C=C/CCCCCC(=O)OC(COC(=O)CCCCCCCCCC)COP(=O)(O)OCCN. The molecule has 0 aromatic rings. The first-order chi connectivity index (χ1) is 20.3. The molecule has 42 heavy (non-hydrogen) atoms. The van der Waals surface area contributed by atoms with Crippen molar-refractivity contribution >= 4 is 19.8 Å². The van der Waals surface area contributed by atoms with E-state index in [2.05, 4.69) is 26.0 Å². The van der Waals surface area contributed by atoms with Crippen LogP contribution in [-0.2, 0) is 32.7 Å². The Morgan fingerprint density at radius 3 is 1.95 bits per heavy atom. The van der Waals surface area contributed by atoms with Crippen LogP contribution in [0, 0.1) is 0 Å². The lowest BCUT2D eigenvalue weighted by Crippen LogP contribution is -2.29. The van der Waals surface area contributed by atoms with Gasteiger partial charge in [0.1, 0.15) is 6.61 Å². The minimum Gasteiger partial charge on any atom is -0.462 e. The van der Waals surface area contributed by atoms with E-state index in [-0.39, 0.29) is 32.6 Å². The van der Waals surface area contributed by atoms with Crippen molar-refractivity contribution < 1.29 is 37.6 Å². The van der Waals surface area contributed by atoms with Crippen LogP contribution in [0.5, 0.6) is 0 Å². The minimum absolute atomic E-state index is 0.0451. The number of rotatable bonds is 28. The van der Waals surface area contributed by atoms with Gasteiger partial charge >= 0.3 is 19.8 Å². The number of phosphoric ester groups is 1. The summed E-state index contributed by atoms with van der Waals surface area (Å²) in [6, 6.07) is 0. The van der Waals surface area contributed by atoms with Crippen LogP contribution in [0.2, 0.25) is 0 Å². The van der Waals surface area contributed by atoms with Crippen LogP contribution in [0.15, 0.2) is 48.6 Å². The molecule has 2 unspecified atom stereocenters. The van der Waals surface area contributed by atoms with Gasteiger partial charge in [-0.1, -0.05) is 114 Å². The standard InChI is InChI=1S/C32H56NO8P/c1-3-5-7-9-11-13-14-15-16-17-19-21-23-25-32(35)41-30(29-40-42(36,37)39-27-26-33)28-38-31(34)24-22-20-18-12-10-8-6-4-2/h5,7,9,11,13-16,30H,3-4,6,8,10,12,17-29,33H2,1-2H3,(H,36,37)/b7-5+,11-9+,14-13+,16-15+. The number of hydrogen-bond donors (Lipinski definition) is 2. The third-order valence-electron chi connectivity index (χ3n) is 6.07. The zero-order valence-corrected chi connectivity index (χ0v) is 26.9. The maximum absolute atomic E-state index is 12.4. The van der Waals surface area contributed by atoms with Gasteiger partial charge in [-0.2, -0.15) is 0 Å². The zero-order valence-electron chi connectivity index (χ0n) is 26.0. The van der Waals surface area contributed by atoms with E-state index in [1.165, 1.54) is 32.1 Å². The summed E-state index contributed by atoms with van der Waals surface area (Å²) in [7, 11) is -4.37. The topological polar surface area (TPSA) is 134 Å². The molecule has 2 atom stereocenters. The molecule has 0 fully saturated rings. The van der Waals surface area contributed by atoms with Crippen molar-refractivity contribution in [3.63, 3.8) is 0 Å². The zero-order chi connectivity index (χ0) is 31.2. The Balaban J connectivity index is 4.43. The predicted molar refractivity (Wildman–Crippen MR) is 169 cm³/mol. The molecule has 0 aromatic heterocycles. The molecule has 0 saturated carbocycles. The van der Waals surface area contributed by atoms with Gasteiger partial charge in [0.05, 0.1) is 13.2 Å². The van der Waals surface area contributed by atoms with Crippen LogP contribution >= 0.6 is 7.82 Å². The van der Waals surface area contributed by atoms with E-state index in [0.29, 0.717) is 6.42 Å². The second kappa shape index (κ2) is 29.1. The first-order valence-corrected chi connectivity index (χ1v) is 17.2. The Morgan fingerprint density at radius 1 is 0.738 bits per heavy atom. The van der Waals surface area contributed by atoms with E-state index in [4.69, 9.17) is 24.3 Å². The van der Waals surface area contributed by atoms with Crippen LogP contribution < -0.4 is 5.73 Å². The first-order valence-electron chi connectivity index (χ1n) is 15.7. The smallest absolute Gasteiger partial charge is 0.462 e. The van der Waals surface area contributed by atoms with Gasteiger partial charge < -0.3 is 20.1 Å². The van der Waals surface area contributed by atoms with Crippen LogP contribution in [0.4, 0.5) is 0 Å². The van der Waals surface area contributed by atoms with Crippen molar-refractivity contribution in [2.75, 3.05) is 26.4 Å².